The van der Waals surface area contributed by atoms with Crippen molar-refractivity contribution in [3.63, 3.8) is 0 Å². The lowest BCUT2D eigenvalue weighted by Crippen LogP contribution is -2.26. The standard InChI is InChI=1S/C12H14ClN5O/c1-7(8-4-16-17-5-8)18-12(19)9-3-11(14-2)15-6-10(9)13/h3-7H,1-2H3,(H,14,15)(H,16,17)(H,18,19). The fraction of sp³-hybridized carbons (Fsp3) is 0.250. The normalized spacial score (nSPS) is 11.9. The summed E-state index contributed by atoms with van der Waals surface area (Å²) in [6.45, 7) is 1.87. The topological polar surface area (TPSA) is 82.7 Å². The maximum absolute atomic E-state index is 12.2. The van der Waals surface area contributed by atoms with Crippen LogP contribution in [0.25, 0.3) is 0 Å². The zero-order valence-corrected chi connectivity index (χ0v) is 11.3. The van der Waals surface area contributed by atoms with Gasteiger partial charge in [0.15, 0.2) is 0 Å². The third kappa shape index (κ3) is 3.03. The van der Waals surface area contributed by atoms with E-state index in [-0.39, 0.29) is 11.9 Å². The van der Waals surface area contributed by atoms with Crippen LogP contribution < -0.4 is 10.6 Å². The molecular weight excluding hydrogens is 266 g/mol. The highest BCUT2D eigenvalue weighted by Gasteiger charge is 2.15. The van der Waals surface area contributed by atoms with Crippen LogP contribution in [0.5, 0.6) is 0 Å². The molecule has 0 aliphatic carbocycles. The van der Waals surface area contributed by atoms with Crippen molar-refractivity contribution in [3.8, 4) is 0 Å². The first-order chi connectivity index (χ1) is 9.11. The molecule has 0 bridgehead atoms. The van der Waals surface area contributed by atoms with Crippen molar-refractivity contribution in [2.45, 2.75) is 13.0 Å². The van der Waals surface area contributed by atoms with E-state index in [0.717, 1.165) is 5.56 Å². The minimum Gasteiger partial charge on any atom is -0.373 e. The lowest BCUT2D eigenvalue weighted by Gasteiger charge is -2.13. The van der Waals surface area contributed by atoms with E-state index in [0.29, 0.717) is 16.4 Å². The molecule has 0 aromatic carbocycles. The third-order valence-electron chi connectivity index (χ3n) is 2.72. The first-order valence-corrected chi connectivity index (χ1v) is 6.12. The first-order valence-electron chi connectivity index (χ1n) is 5.74. The van der Waals surface area contributed by atoms with E-state index >= 15 is 0 Å². The zero-order valence-electron chi connectivity index (χ0n) is 10.6. The largest absolute Gasteiger partial charge is 0.373 e. The Morgan fingerprint density at radius 1 is 1.47 bits per heavy atom. The second-order valence-electron chi connectivity index (χ2n) is 4.03. The molecule has 2 heterocycles. The number of carbonyl (C=O) groups excluding carboxylic acids is 1. The van der Waals surface area contributed by atoms with Gasteiger partial charge in [0.2, 0.25) is 0 Å². The number of aromatic amines is 1. The molecule has 7 heteroatoms. The van der Waals surface area contributed by atoms with Crippen LogP contribution in [0, 0.1) is 0 Å². The minimum absolute atomic E-state index is 0.159. The predicted octanol–water partition coefficient (Wildman–Crippen LogP) is 1.99. The van der Waals surface area contributed by atoms with Crippen LogP contribution >= 0.6 is 11.6 Å². The molecule has 0 radical (unpaired) electrons. The zero-order chi connectivity index (χ0) is 13.8. The van der Waals surface area contributed by atoms with Gasteiger partial charge < -0.3 is 10.6 Å². The molecule has 2 aromatic rings. The molecule has 2 rings (SSSR count). The van der Waals surface area contributed by atoms with Crippen molar-refractivity contribution in [3.05, 3.63) is 40.8 Å². The summed E-state index contributed by atoms with van der Waals surface area (Å²) in [4.78, 5) is 16.2. The number of halogens is 1. The van der Waals surface area contributed by atoms with Crippen LogP contribution in [0.2, 0.25) is 5.02 Å². The highest BCUT2D eigenvalue weighted by molar-refractivity contribution is 6.33. The monoisotopic (exact) mass is 279 g/mol. The summed E-state index contributed by atoms with van der Waals surface area (Å²) in [5.74, 6) is 0.336. The second-order valence-corrected chi connectivity index (χ2v) is 4.43. The van der Waals surface area contributed by atoms with Crippen molar-refractivity contribution in [2.24, 2.45) is 0 Å². The van der Waals surface area contributed by atoms with E-state index in [9.17, 15) is 4.79 Å². The van der Waals surface area contributed by atoms with Gasteiger partial charge in [-0.25, -0.2) is 4.98 Å². The van der Waals surface area contributed by atoms with Crippen molar-refractivity contribution < 1.29 is 4.79 Å². The molecule has 2 aromatic heterocycles. The fourth-order valence-corrected chi connectivity index (χ4v) is 1.79. The SMILES string of the molecule is CNc1cc(C(=O)NC(C)c2cn[nH]c2)c(Cl)cn1. The Balaban J connectivity index is 2.16. The Hall–Kier alpha value is -2.08. The molecule has 1 atom stereocenters. The van der Waals surface area contributed by atoms with Gasteiger partial charge in [-0.3, -0.25) is 9.89 Å². The number of hydrogen-bond donors (Lipinski definition) is 3. The van der Waals surface area contributed by atoms with Gasteiger partial charge in [-0.2, -0.15) is 5.10 Å². The molecule has 1 amide bonds. The Morgan fingerprint density at radius 3 is 2.89 bits per heavy atom. The minimum atomic E-state index is -0.252. The van der Waals surface area contributed by atoms with Crippen LogP contribution in [-0.2, 0) is 0 Å². The first kappa shape index (κ1) is 13.4. The van der Waals surface area contributed by atoms with Crippen molar-refractivity contribution in [1.82, 2.24) is 20.5 Å². The molecule has 0 aliphatic rings. The van der Waals surface area contributed by atoms with Crippen LogP contribution in [0.3, 0.4) is 0 Å². The van der Waals surface area contributed by atoms with Crippen molar-refractivity contribution in [1.29, 1.82) is 0 Å². The van der Waals surface area contributed by atoms with E-state index in [1.807, 2.05) is 6.92 Å². The number of aromatic nitrogens is 3. The quantitative estimate of drug-likeness (QED) is 0.799. The smallest absolute Gasteiger partial charge is 0.253 e. The Morgan fingerprint density at radius 2 is 2.26 bits per heavy atom. The van der Waals surface area contributed by atoms with Crippen LogP contribution in [-0.4, -0.2) is 28.1 Å². The van der Waals surface area contributed by atoms with E-state index in [1.165, 1.54) is 6.20 Å². The van der Waals surface area contributed by atoms with Crippen LogP contribution in [0.1, 0.15) is 28.9 Å². The number of anilines is 1. The van der Waals surface area contributed by atoms with Gasteiger partial charge in [-0.15, -0.1) is 0 Å². The van der Waals surface area contributed by atoms with E-state index < -0.39 is 0 Å². The number of H-pyrrole nitrogens is 1. The number of rotatable bonds is 4. The average Bonchev–Trinajstić information content (AvgIpc) is 2.93. The fourth-order valence-electron chi connectivity index (χ4n) is 1.60. The number of amides is 1. The van der Waals surface area contributed by atoms with Gasteiger partial charge in [0.1, 0.15) is 5.82 Å². The number of nitrogens with one attached hydrogen (secondary N) is 3. The summed E-state index contributed by atoms with van der Waals surface area (Å²) >= 11 is 5.99. The number of hydrogen-bond acceptors (Lipinski definition) is 4. The van der Waals surface area contributed by atoms with Gasteiger partial charge in [-0.05, 0) is 13.0 Å². The molecule has 0 spiro atoms. The highest BCUT2D eigenvalue weighted by atomic mass is 35.5. The molecule has 0 saturated carbocycles. The Labute approximate surface area is 115 Å². The molecule has 0 fully saturated rings. The second kappa shape index (κ2) is 5.71. The average molecular weight is 280 g/mol. The van der Waals surface area contributed by atoms with Crippen LogP contribution in [0.4, 0.5) is 5.82 Å². The summed E-state index contributed by atoms with van der Waals surface area (Å²) in [5.41, 5.74) is 1.28. The molecule has 3 N–H and O–H groups in total. The van der Waals surface area contributed by atoms with Gasteiger partial charge in [-0.1, -0.05) is 11.6 Å². The summed E-state index contributed by atoms with van der Waals surface area (Å²) in [6.07, 6.45) is 4.85. The van der Waals surface area contributed by atoms with Crippen molar-refractivity contribution in [2.75, 3.05) is 12.4 Å². The Bertz CT molecular complexity index is 570. The predicted molar refractivity (Wildman–Crippen MR) is 73.3 cm³/mol. The van der Waals surface area contributed by atoms with Gasteiger partial charge in [0.05, 0.1) is 22.8 Å². The molecule has 0 aliphatic heterocycles. The number of nitrogens with zero attached hydrogens (tertiary/aromatic N) is 2. The molecule has 0 saturated heterocycles. The number of pyridine rings is 1. The molecule has 1 unspecified atom stereocenters. The maximum atomic E-state index is 12.2. The van der Waals surface area contributed by atoms with E-state index in [2.05, 4.69) is 25.8 Å². The summed E-state index contributed by atoms with van der Waals surface area (Å²) in [6, 6.07) is 1.45. The molecule has 19 heavy (non-hydrogen) atoms. The number of carbonyl (C=O) groups is 1. The van der Waals surface area contributed by atoms with Gasteiger partial charge in [0, 0.05) is 25.0 Å². The summed E-state index contributed by atoms with van der Waals surface area (Å²) < 4.78 is 0. The summed E-state index contributed by atoms with van der Waals surface area (Å²) in [7, 11) is 1.73. The summed E-state index contributed by atoms with van der Waals surface area (Å²) in [5, 5.41) is 12.6. The molecule has 6 nitrogen and oxygen atoms in total. The van der Waals surface area contributed by atoms with E-state index in [4.69, 9.17) is 11.6 Å². The maximum Gasteiger partial charge on any atom is 0.253 e. The van der Waals surface area contributed by atoms with E-state index in [1.54, 1.807) is 25.5 Å². The highest BCUT2D eigenvalue weighted by Crippen LogP contribution is 2.19. The third-order valence-corrected chi connectivity index (χ3v) is 3.02. The van der Waals surface area contributed by atoms with Gasteiger partial charge >= 0.3 is 0 Å². The Kier molecular flexibility index (Phi) is 4.01. The molecule has 100 valence electrons. The lowest BCUT2D eigenvalue weighted by atomic mass is 10.1. The van der Waals surface area contributed by atoms with Crippen molar-refractivity contribution >= 4 is 23.3 Å². The molecular formula is C12H14ClN5O. The van der Waals surface area contributed by atoms with Gasteiger partial charge in [0.25, 0.3) is 5.91 Å². The van der Waals surface area contributed by atoms with Crippen LogP contribution in [0.15, 0.2) is 24.7 Å². The lowest BCUT2D eigenvalue weighted by molar-refractivity contribution is 0.0940.